The summed E-state index contributed by atoms with van der Waals surface area (Å²) in [5.41, 5.74) is 0.642. The number of methoxy groups -OCH3 is 1. The smallest absolute Gasteiger partial charge is 0.176 e. The van der Waals surface area contributed by atoms with Crippen molar-refractivity contribution in [3.63, 3.8) is 0 Å². The molecule has 0 fully saturated rings. The van der Waals surface area contributed by atoms with E-state index in [0.29, 0.717) is 30.2 Å². The molecule has 0 radical (unpaired) electrons. The van der Waals surface area contributed by atoms with Crippen molar-refractivity contribution in [2.75, 3.05) is 7.11 Å². The molecule has 0 unspecified atom stereocenters. The van der Waals surface area contributed by atoms with Gasteiger partial charge in [-0.05, 0) is 50.1 Å². The molecule has 8 heteroatoms. The van der Waals surface area contributed by atoms with Crippen LogP contribution in [0.25, 0.3) is 11.4 Å². The summed E-state index contributed by atoms with van der Waals surface area (Å²) in [5, 5.41) is 17.4. The van der Waals surface area contributed by atoms with Crippen LogP contribution in [0.15, 0.2) is 36.4 Å². The molecule has 156 valence electrons. The topological polar surface area (TPSA) is 73.0 Å². The Kier molecular flexibility index (Phi) is 6.01. The minimum absolute atomic E-state index is 0.0815. The average molecular weight is 412 g/mol. The quantitative estimate of drug-likeness (QED) is 0.570. The number of rotatable bonds is 7. The summed E-state index contributed by atoms with van der Waals surface area (Å²) in [4.78, 5) is 0. The van der Waals surface area contributed by atoms with Crippen molar-refractivity contribution in [3.05, 3.63) is 59.4 Å². The Balaban J connectivity index is 1.98. The molecule has 30 heavy (non-hydrogen) atoms. The molecular formula is C22H22F2N4O2. The summed E-state index contributed by atoms with van der Waals surface area (Å²) in [7, 11) is 3.34. The van der Waals surface area contributed by atoms with Gasteiger partial charge >= 0.3 is 0 Å². The highest BCUT2D eigenvalue weighted by molar-refractivity contribution is 5.65. The predicted molar refractivity (Wildman–Crippen MR) is 107 cm³/mol. The van der Waals surface area contributed by atoms with E-state index in [9.17, 15) is 8.78 Å². The third-order valence-electron chi connectivity index (χ3n) is 4.70. The van der Waals surface area contributed by atoms with Gasteiger partial charge in [0.05, 0.1) is 18.7 Å². The summed E-state index contributed by atoms with van der Waals surface area (Å²) in [5.74, 6) is 0.0463. The molecule has 0 spiro atoms. The third kappa shape index (κ3) is 4.25. The number of hydrogen-bond acceptors (Lipinski definition) is 5. The average Bonchev–Trinajstić information content (AvgIpc) is 3.10. The van der Waals surface area contributed by atoms with Gasteiger partial charge in [0.1, 0.15) is 11.6 Å². The van der Waals surface area contributed by atoms with Gasteiger partial charge in [-0.2, -0.15) is 5.26 Å². The lowest BCUT2D eigenvalue weighted by molar-refractivity contribution is 0.0892. The van der Waals surface area contributed by atoms with Crippen molar-refractivity contribution in [3.8, 4) is 29.0 Å². The maximum absolute atomic E-state index is 14.1. The van der Waals surface area contributed by atoms with Gasteiger partial charge in [0, 0.05) is 19.5 Å². The largest absolute Gasteiger partial charge is 0.496 e. The van der Waals surface area contributed by atoms with Crippen molar-refractivity contribution in [2.24, 2.45) is 7.05 Å². The van der Waals surface area contributed by atoms with Crippen LogP contribution in [0.4, 0.5) is 8.78 Å². The summed E-state index contributed by atoms with van der Waals surface area (Å²) in [6.07, 6.45) is 1.01. The van der Waals surface area contributed by atoms with E-state index >= 15 is 0 Å². The second-order valence-electron chi connectivity index (χ2n) is 7.29. The molecule has 0 atom stereocenters. The third-order valence-corrected chi connectivity index (χ3v) is 4.70. The first-order valence-corrected chi connectivity index (χ1v) is 9.35. The number of aromatic nitrogens is 3. The number of benzene rings is 2. The monoisotopic (exact) mass is 412 g/mol. The number of nitriles is 1. The molecule has 3 rings (SSSR count). The van der Waals surface area contributed by atoms with Crippen molar-refractivity contribution in [2.45, 2.75) is 32.3 Å². The van der Waals surface area contributed by atoms with E-state index in [1.807, 2.05) is 18.2 Å². The first-order valence-electron chi connectivity index (χ1n) is 9.35. The lowest BCUT2D eigenvalue weighted by Gasteiger charge is -2.25. The first kappa shape index (κ1) is 21.2. The Hall–Kier alpha value is -3.47. The maximum atomic E-state index is 14.1. The number of ether oxygens (including phenoxy) is 2. The van der Waals surface area contributed by atoms with Gasteiger partial charge in [-0.15, -0.1) is 10.2 Å². The molecule has 0 aliphatic carbocycles. The fourth-order valence-corrected chi connectivity index (χ4v) is 3.25. The molecule has 1 heterocycles. The molecule has 0 bridgehead atoms. The van der Waals surface area contributed by atoms with Gasteiger partial charge in [0.15, 0.2) is 28.8 Å². The molecule has 0 N–H and O–H groups in total. The second-order valence-corrected chi connectivity index (χ2v) is 7.29. The van der Waals surface area contributed by atoms with Crippen molar-refractivity contribution >= 4 is 0 Å². The molecule has 3 aromatic rings. The van der Waals surface area contributed by atoms with Crippen LogP contribution in [-0.2, 0) is 19.1 Å². The summed E-state index contributed by atoms with van der Waals surface area (Å²) < 4.78 is 40.3. The second kappa shape index (κ2) is 8.49. The van der Waals surface area contributed by atoms with E-state index in [1.54, 1.807) is 32.6 Å². The van der Waals surface area contributed by atoms with Gasteiger partial charge in [0.25, 0.3) is 0 Å². The van der Waals surface area contributed by atoms with E-state index in [-0.39, 0.29) is 5.75 Å². The lowest BCUT2D eigenvalue weighted by atomic mass is 10.0. The molecule has 1 aromatic heterocycles. The van der Waals surface area contributed by atoms with Crippen LogP contribution in [0.5, 0.6) is 11.5 Å². The van der Waals surface area contributed by atoms with Crippen LogP contribution in [0.1, 0.15) is 31.7 Å². The number of aryl methyl sites for hydroxylation is 1. The zero-order valence-electron chi connectivity index (χ0n) is 17.2. The molecule has 0 aliphatic heterocycles. The van der Waals surface area contributed by atoms with E-state index < -0.39 is 17.2 Å². The Morgan fingerprint density at radius 2 is 1.83 bits per heavy atom. The van der Waals surface area contributed by atoms with Crippen LogP contribution < -0.4 is 9.47 Å². The zero-order valence-corrected chi connectivity index (χ0v) is 17.2. The minimum atomic E-state index is -1.05. The Bertz CT molecular complexity index is 1100. The Morgan fingerprint density at radius 1 is 1.10 bits per heavy atom. The molecule has 0 saturated carbocycles. The Labute approximate surface area is 173 Å². The highest BCUT2D eigenvalue weighted by Gasteiger charge is 2.31. The summed E-state index contributed by atoms with van der Waals surface area (Å²) in [6.45, 7) is 3.45. The van der Waals surface area contributed by atoms with Crippen LogP contribution in [0.2, 0.25) is 0 Å². The first-order chi connectivity index (χ1) is 14.3. The minimum Gasteiger partial charge on any atom is -0.496 e. The predicted octanol–water partition coefficient (Wildman–Crippen LogP) is 4.54. The maximum Gasteiger partial charge on any atom is 0.176 e. The number of hydrogen-bond donors (Lipinski definition) is 0. The molecule has 0 aliphatic rings. The van der Waals surface area contributed by atoms with Gasteiger partial charge in [-0.25, -0.2) is 8.78 Å². The van der Waals surface area contributed by atoms with Crippen molar-refractivity contribution in [1.29, 1.82) is 5.26 Å². The molecule has 6 nitrogen and oxygen atoms in total. The fourth-order valence-electron chi connectivity index (χ4n) is 3.25. The van der Waals surface area contributed by atoms with Gasteiger partial charge < -0.3 is 14.0 Å². The fraction of sp³-hybridized carbons (Fsp3) is 0.318. The molecule has 0 saturated heterocycles. The summed E-state index contributed by atoms with van der Waals surface area (Å²) >= 11 is 0. The zero-order chi connectivity index (χ0) is 21.9. The Morgan fingerprint density at radius 3 is 2.50 bits per heavy atom. The van der Waals surface area contributed by atoms with Crippen molar-refractivity contribution < 1.29 is 18.3 Å². The standard InChI is InChI=1S/C22H22F2N4O2/c1-22(2,30-19-10-8-15(23)13-17(19)24)21-27-26-20(28(21)3)16-12-14(6-5-11-25)7-9-18(16)29-4/h7-10,12-13H,5-6H2,1-4H3. The normalized spacial score (nSPS) is 11.2. The number of nitrogens with zero attached hydrogens (tertiary/aromatic N) is 4. The van der Waals surface area contributed by atoms with Crippen molar-refractivity contribution in [1.82, 2.24) is 14.8 Å². The molecule has 2 aromatic carbocycles. The van der Waals surface area contributed by atoms with E-state index in [1.165, 1.54) is 6.07 Å². The van der Waals surface area contributed by atoms with Crippen LogP contribution in [-0.4, -0.2) is 21.9 Å². The van der Waals surface area contributed by atoms with E-state index in [0.717, 1.165) is 23.3 Å². The molecule has 0 amide bonds. The van der Waals surface area contributed by atoms with Crippen LogP contribution >= 0.6 is 0 Å². The molecular weight excluding hydrogens is 390 g/mol. The van der Waals surface area contributed by atoms with Gasteiger partial charge in [0.2, 0.25) is 0 Å². The number of halogens is 2. The van der Waals surface area contributed by atoms with E-state index in [2.05, 4.69) is 16.3 Å². The lowest BCUT2D eigenvalue weighted by Crippen LogP contribution is -2.29. The highest BCUT2D eigenvalue weighted by Crippen LogP contribution is 2.34. The van der Waals surface area contributed by atoms with Crippen LogP contribution in [0, 0.1) is 23.0 Å². The van der Waals surface area contributed by atoms with E-state index in [4.69, 9.17) is 14.7 Å². The highest BCUT2D eigenvalue weighted by atomic mass is 19.1. The summed E-state index contributed by atoms with van der Waals surface area (Å²) in [6, 6.07) is 10.9. The van der Waals surface area contributed by atoms with Gasteiger partial charge in [-0.1, -0.05) is 6.07 Å². The SMILES string of the molecule is COc1ccc(CCC#N)cc1-c1nnc(C(C)(C)Oc2ccc(F)cc2F)n1C. The van der Waals surface area contributed by atoms with Gasteiger partial charge in [-0.3, -0.25) is 0 Å². The van der Waals surface area contributed by atoms with Crippen LogP contribution in [0.3, 0.4) is 0 Å².